The van der Waals surface area contributed by atoms with Crippen molar-refractivity contribution in [3.05, 3.63) is 41.9 Å². The number of para-hydroxylation sites is 1. The van der Waals surface area contributed by atoms with Gasteiger partial charge in [0.25, 0.3) is 0 Å². The highest BCUT2D eigenvalue weighted by Crippen LogP contribution is 2.10. The maximum absolute atomic E-state index is 5.57. The summed E-state index contributed by atoms with van der Waals surface area (Å²) in [7, 11) is 0. The van der Waals surface area contributed by atoms with E-state index in [-0.39, 0.29) is 0 Å². The minimum Gasteiger partial charge on any atom is -0.493 e. The minimum absolute atomic E-state index is 0.590. The maximum atomic E-state index is 5.57. The molecule has 0 aliphatic carbocycles. The molecule has 12 heavy (non-hydrogen) atoms. The van der Waals surface area contributed by atoms with Gasteiger partial charge in [-0.25, -0.2) is 0 Å². The van der Waals surface area contributed by atoms with Gasteiger partial charge in [0.15, 0.2) is 0 Å². The Morgan fingerprint density at radius 1 is 1.33 bits per heavy atom. The molecule has 0 atom stereocenters. The molecule has 0 aliphatic heterocycles. The predicted octanol–water partition coefficient (Wildman–Crippen LogP) is 3.21. The minimum atomic E-state index is 0.590. The fourth-order valence-corrected chi connectivity index (χ4v) is 0.873. The van der Waals surface area contributed by atoms with Gasteiger partial charge >= 0.3 is 0 Å². The van der Waals surface area contributed by atoms with E-state index in [1.807, 2.05) is 30.3 Å². The molecule has 1 aromatic carbocycles. The standard InChI is InChI=1S/C10H11ClO/c1-9(11)7-8-12-10-5-3-2-4-6-10/h2-6H,1,7-8H2. The average molecular weight is 183 g/mol. The van der Waals surface area contributed by atoms with Crippen LogP contribution >= 0.6 is 11.6 Å². The molecule has 1 nitrogen and oxygen atoms in total. The third-order valence-electron chi connectivity index (χ3n) is 1.39. The molecule has 0 radical (unpaired) electrons. The quantitative estimate of drug-likeness (QED) is 0.695. The van der Waals surface area contributed by atoms with E-state index in [2.05, 4.69) is 6.58 Å². The van der Waals surface area contributed by atoms with E-state index < -0.39 is 0 Å². The number of ether oxygens (including phenoxy) is 1. The lowest BCUT2D eigenvalue weighted by Gasteiger charge is -2.03. The molecule has 0 aliphatic rings. The van der Waals surface area contributed by atoms with E-state index in [1.165, 1.54) is 0 Å². The van der Waals surface area contributed by atoms with Crippen LogP contribution in [-0.4, -0.2) is 6.61 Å². The summed E-state index contributed by atoms with van der Waals surface area (Å²) in [5.41, 5.74) is 0. The zero-order valence-electron chi connectivity index (χ0n) is 6.79. The fraction of sp³-hybridized carbons (Fsp3) is 0.200. The Balaban J connectivity index is 2.29. The summed E-state index contributed by atoms with van der Waals surface area (Å²) < 4.78 is 5.37. The molecule has 64 valence electrons. The third-order valence-corrected chi connectivity index (χ3v) is 1.57. The molecule has 1 aromatic rings. The molecule has 2 heteroatoms. The first-order valence-corrected chi connectivity index (χ1v) is 4.18. The van der Waals surface area contributed by atoms with Crippen molar-refractivity contribution in [1.82, 2.24) is 0 Å². The van der Waals surface area contributed by atoms with Crippen LogP contribution in [0.1, 0.15) is 6.42 Å². The number of halogens is 1. The smallest absolute Gasteiger partial charge is 0.119 e. The van der Waals surface area contributed by atoms with E-state index in [0.29, 0.717) is 18.1 Å². The number of hydrogen-bond donors (Lipinski definition) is 0. The molecule has 0 spiro atoms. The maximum Gasteiger partial charge on any atom is 0.119 e. The van der Waals surface area contributed by atoms with E-state index in [4.69, 9.17) is 16.3 Å². The second kappa shape index (κ2) is 4.83. The zero-order valence-corrected chi connectivity index (χ0v) is 7.55. The van der Waals surface area contributed by atoms with Crippen molar-refractivity contribution in [3.63, 3.8) is 0 Å². The highest BCUT2D eigenvalue weighted by atomic mass is 35.5. The van der Waals surface area contributed by atoms with Crippen LogP contribution < -0.4 is 4.74 Å². The van der Waals surface area contributed by atoms with Crippen molar-refractivity contribution < 1.29 is 4.74 Å². The summed E-state index contributed by atoms with van der Waals surface area (Å²) in [5, 5.41) is 0.630. The van der Waals surface area contributed by atoms with Crippen LogP contribution in [0.4, 0.5) is 0 Å². The van der Waals surface area contributed by atoms with Crippen LogP contribution in [0.5, 0.6) is 5.75 Å². The van der Waals surface area contributed by atoms with Gasteiger partial charge in [-0.1, -0.05) is 36.4 Å². The lowest BCUT2D eigenvalue weighted by Crippen LogP contribution is -1.96. The van der Waals surface area contributed by atoms with Crippen molar-refractivity contribution in [3.8, 4) is 5.75 Å². The summed E-state index contributed by atoms with van der Waals surface area (Å²) >= 11 is 5.57. The van der Waals surface area contributed by atoms with Crippen LogP contribution in [0, 0.1) is 0 Å². The molecule has 0 saturated heterocycles. The average Bonchev–Trinajstić information content (AvgIpc) is 2.05. The van der Waals surface area contributed by atoms with E-state index >= 15 is 0 Å². The second-order valence-electron chi connectivity index (χ2n) is 2.43. The first kappa shape index (κ1) is 9.14. The van der Waals surface area contributed by atoms with Gasteiger partial charge in [0.05, 0.1) is 6.61 Å². The van der Waals surface area contributed by atoms with Gasteiger partial charge in [-0.15, -0.1) is 0 Å². The Labute approximate surface area is 77.6 Å². The molecule has 0 heterocycles. The van der Waals surface area contributed by atoms with Crippen LogP contribution in [0.25, 0.3) is 0 Å². The van der Waals surface area contributed by atoms with Gasteiger partial charge in [0, 0.05) is 11.5 Å². The largest absolute Gasteiger partial charge is 0.493 e. The molecule has 0 fully saturated rings. The molecule has 0 unspecified atom stereocenters. The van der Waals surface area contributed by atoms with Crippen LogP contribution in [0.3, 0.4) is 0 Å². The summed E-state index contributed by atoms with van der Waals surface area (Å²) in [6.07, 6.45) is 0.691. The molecular weight excluding hydrogens is 172 g/mol. The summed E-state index contributed by atoms with van der Waals surface area (Å²) in [6.45, 7) is 4.16. The number of rotatable bonds is 4. The van der Waals surface area contributed by atoms with E-state index in [1.54, 1.807) is 0 Å². The van der Waals surface area contributed by atoms with Gasteiger partial charge in [-0.3, -0.25) is 0 Å². The highest BCUT2D eigenvalue weighted by Gasteiger charge is 1.91. The van der Waals surface area contributed by atoms with Crippen molar-refractivity contribution in [2.45, 2.75) is 6.42 Å². The molecule has 0 aromatic heterocycles. The monoisotopic (exact) mass is 182 g/mol. The molecular formula is C10H11ClO. The van der Waals surface area contributed by atoms with Crippen LogP contribution in [-0.2, 0) is 0 Å². The Kier molecular flexibility index (Phi) is 3.68. The van der Waals surface area contributed by atoms with Gasteiger partial charge in [0.2, 0.25) is 0 Å². The topological polar surface area (TPSA) is 9.23 Å². The Morgan fingerprint density at radius 2 is 2.00 bits per heavy atom. The number of hydrogen-bond acceptors (Lipinski definition) is 1. The van der Waals surface area contributed by atoms with Gasteiger partial charge < -0.3 is 4.74 Å². The molecule has 0 amide bonds. The predicted molar refractivity (Wildman–Crippen MR) is 51.5 cm³/mol. The fourth-order valence-electron chi connectivity index (χ4n) is 0.796. The van der Waals surface area contributed by atoms with Crippen molar-refractivity contribution in [2.75, 3.05) is 6.61 Å². The highest BCUT2D eigenvalue weighted by molar-refractivity contribution is 6.29. The van der Waals surface area contributed by atoms with Crippen molar-refractivity contribution in [1.29, 1.82) is 0 Å². The van der Waals surface area contributed by atoms with Gasteiger partial charge in [0.1, 0.15) is 5.75 Å². The van der Waals surface area contributed by atoms with E-state index in [0.717, 1.165) is 5.75 Å². The Hall–Kier alpha value is -0.950. The zero-order chi connectivity index (χ0) is 8.81. The SMILES string of the molecule is C=C(Cl)CCOc1ccccc1. The molecule has 0 bridgehead atoms. The second-order valence-corrected chi connectivity index (χ2v) is 2.96. The van der Waals surface area contributed by atoms with E-state index in [9.17, 15) is 0 Å². The van der Waals surface area contributed by atoms with Crippen LogP contribution in [0.15, 0.2) is 41.9 Å². The number of benzene rings is 1. The normalized spacial score (nSPS) is 9.42. The summed E-state index contributed by atoms with van der Waals surface area (Å²) in [4.78, 5) is 0. The first-order chi connectivity index (χ1) is 5.79. The Morgan fingerprint density at radius 3 is 2.58 bits per heavy atom. The Bertz CT molecular complexity index is 243. The van der Waals surface area contributed by atoms with Crippen molar-refractivity contribution >= 4 is 11.6 Å². The van der Waals surface area contributed by atoms with Gasteiger partial charge in [-0.2, -0.15) is 0 Å². The lowest BCUT2D eigenvalue weighted by atomic mass is 10.3. The molecule has 1 rings (SSSR count). The molecule has 0 saturated carbocycles. The lowest BCUT2D eigenvalue weighted by molar-refractivity contribution is 0.324. The molecule has 0 N–H and O–H groups in total. The van der Waals surface area contributed by atoms with Crippen molar-refractivity contribution in [2.24, 2.45) is 0 Å². The summed E-state index contributed by atoms with van der Waals surface area (Å²) in [6, 6.07) is 9.65. The summed E-state index contributed by atoms with van der Waals surface area (Å²) in [5.74, 6) is 0.871. The third kappa shape index (κ3) is 3.44. The van der Waals surface area contributed by atoms with Crippen LogP contribution in [0.2, 0.25) is 0 Å². The first-order valence-electron chi connectivity index (χ1n) is 3.80. The van der Waals surface area contributed by atoms with Gasteiger partial charge in [-0.05, 0) is 12.1 Å².